The van der Waals surface area contributed by atoms with Crippen molar-refractivity contribution in [2.24, 2.45) is 0 Å². The van der Waals surface area contributed by atoms with Crippen molar-refractivity contribution < 1.29 is 20.4 Å². The van der Waals surface area contributed by atoms with Gasteiger partial charge < -0.3 is 20.4 Å². The topological polar surface area (TPSA) is 80.9 Å². The molecule has 0 aromatic heterocycles. The summed E-state index contributed by atoms with van der Waals surface area (Å²) in [6.07, 6.45) is 0. The molecule has 4 N–H and O–H groups in total. The van der Waals surface area contributed by atoms with Crippen molar-refractivity contribution >= 4 is 43.1 Å². The average Bonchev–Trinajstić information content (AvgIpc) is 3.05. The highest BCUT2D eigenvalue weighted by Gasteiger charge is 2.19. The van der Waals surface area contributed by atoms with Gasteiger partial charge in [0.2, 0.25) is 0 Å². The zero-order valence-corrected chi connectivity index (χ0v) is 23.5. The van der Waals surface area contributed by atoms with Crippen LogP contribution in [-0.4, -0.2) is 20.4 Å². The van der Waals surface area contributed by atoms with Gasteiger partial charge in [-0.25, -0.2) is 0 Å². The van der Waals surface area contributed by atoms with E-state index in [1.165, 1.54) is 0 Å². The van der Waals surface area contributed by atoms with Crippen LogP contribution in [0.1, 0.15) is 0 Å². The van der Waals surface area contributed by atoms with E-state index in [4.69, 9.17) is 0 Å². The Morgan fingerprint density at radius 3 is 0.977 bits per heavy atom. The first-order valence-corrected chi connectivity index (χ1v) is 14.4. The summed E-state index contributed by atoms with van der Waals surface area (Å²) in [4.78, 5) is 0. The monoisotopic (exact) mass is 570 g/mol. The smallest absolute Gasteiger partial charge is 0.124 e. The maximum absolute atomic E-state index is 11.0. The molecule has 0 saturated carbocycles. The van der Waals surface area contributed by atoms with E-state index in [9.17, 15) is 20.4 Å². The molecule has 0 amide bonds. The third-order valence-electron chi connectivity index (χ3n) is 8.64. The predicted molar refractivity (Wildman–Crippen MR) is 179 cm³/mol. The lowest BCUT2D eigenvalue weighted by molar-refractivity contribution is 0.470. The molecule has 0 saturated heterocycles. The maximum atomic E-state index is 11.0. The molecule has 0 unspecified atom stereocenters. The third kappa shape index (κ3) is 3.92. The molecule has 0 heterocycles. The minimum atomic E-state index is 0.103. The second kappa shape index (κ2) is 9.79. The van der Waals surface area contributed by atoms with E-state index in [2.05, 4.69) is 12.1 Å². The molecule has 0 atom stereocenters. The lowest BCUT2D eigenvalue weighted by atomic mass is 9.89. The summed E-state index contributed by atoms with van der Waals surface area (Å²) in [5.41, 5.74) is 4.37. The minimum absolute atomic E-state index is 0.103. The Morgan fingerprint density at radius 1 is 0.273 bits per heavy atom. The lowest BCUT2D eigenvalue weighted by Gasteiger charge is -2.16. The van der Waals surface area contributed by atoms with Crippen molar-refractivity contribution in [2.45, 2.75) is 0 Å². The standard InChI is InChI=1S/C40H26O4/c41-33-17-11-23-5-1-3-7-29(23)37(33)39-31-15-9-25(21-27(31)13-19-35(39)43)26-10-16-32-28(22-26)14-20-36(44)40(32)38-30-8-4-2-6-24(30)12-18-34(38)42/h1-22,41-44H. The molecule has 8 aromatic rings. The first-order chi connectivity index (χ1) is 21.5. The Balaban J connectivity index is 1.29. The van der Waals surface area contributed by atoms with Crippen molar-refractivity contribution in [1.82, 2.24) is 0 Å². The maximum Gasteiger partial charge on any atom is 0.124 e. The Labute approximate surface area is 253 Å². The molecule has 0 aliphatic carbocycles. The highest BCUT2D eigenvalue weighted by atomic mass is 16.3. The number of phenolic OH excluding ortho intramolecular Hbond substituents is 4. The Bertz CT molecular complexity index is 2270. The van der Waals surface area contributed by atoms with Gasteiger partial charge in [0.05, 0.1) is 0 Å². The fourth-order valence-corrected chi connectivity index (χ4v) is 6.57. The number of hydrogen-bond acceptors (Lipinski definition) is 4. The number of phenols is 4. The molecule has 0 aliphatic heterocycles. The fourth-order valence-electron chi connectivity index (χ4n) is 6.57. The number of rotatable bonds is 3. The molecular weight excluding hydrogens is 544 g/mol. The molecule has 0 spiro atoms. The predicted octanol–water partition coefficient (Wildman–Crippen LogP) is 10.1. The van der Waals surface area contributed by atoms with Crippen LogP contribution in [0.25, 0.3) is 76.5 Å². The first-order valence-electron chi connectivity index (χ1n) is 14.4. The fraction of sp³-hybridized carbons (Fsp3) is 0. The molecule has 4 nitrogen and oxygen atoms in total. The molecule has 0 aliphatic rings. The highest BCUT2D eigenvalue weighted by Crippen LogP contribution is 2.47. The summed E-state index contributed by atoms with van der Waals surface area (Å²) >= 11 is 0. The lowest BCUT2D eigenvalue weighted by Crippen LogP contribution is -1.89. The quantitative estimate of drug-likeness (QED) is 0.170. The average molecular weight is 571 g/mol. The highest BCUT2D eigenvalue weighted by molar-refractivity contribution is 6.12. The number of fused-ring (bicyclic) bond motifs is 4. The van der Waals surface area contributed by atoms with E-state index in [1.54, 1.807) is 24.3 Å². The van der Waals surface area contributed by atoms with E-state index in [0.29, 0.717) is 22.3 Å². The molecule has 44 heavy (non-hydrogen) atoms. The van der Waals surface area contributed by atoms with Crippen LogP contribution >= 0.6 is 0 Å². The summed E-state index contributed by atoms with van der Waals surface area (Å²) in [6, 6.07) is 42.1. The molecule has 8 rings (SSSR count). The van der Waals surface area contributed by atoms with Gasteiger partial charge in [0, 0.05) is 22.3 Å². The molecule has 0 fully saturated rings. The Hall–Kier alpha value is -6.00. The van der Waals surface area contributed by atoms with Crippen LogP contribution in [0.4, 0.5) is 0 Å². The van der Waals surface area contributed by atoms with E-state index in [-0.39, 0.29) is 23.0 Å². The molecule has 4 heteroatoms. The van der Waals surface area contributed by atoms with Crippen LogP contribution in [0, 0.1) is 0 Å². The van der Waals surface area contributed by atoms with E-state index >= 15 is 0 Å². The van der Waals surface area contributed by atoms with Gasteiger partial charge in [0.15, 0.2) is 0 Å². The van der Waals surface area contributed by atoms with Crippen molar-refractivity contribution in [1.29, 1.82) is 0 Å². The van der Waals surface area contributed by atoms with Crippen LogP contribution in [0.3, 0.4) is 0 Å². The van der Waals surface area contributed by atoms with Crippen molar-refractivity contribution in [3.05, 3.63) is 133 Å². The molecule has 0 bridgehead atoms. The molecule has 0 radical (unpaired) electrons. The third-order valence-corrected chi connectivity index (χ3v) is 8.64. The minimum Gasteiger partial charge on any atom is -0.507 e. The van der Waals surface area contributed by atoms with Crippen molar-refractivity contribution in [2.75, 3.05) is 0 Å². The second-order valence-corrected chi connectivity index (χ2v) is 11.2. The number of hydrogen-bond donors (Lipinski definition) is 4. The van der Waals surface area contributed by atoms with Gasteiger partial charge in [0.25, 0.3) is 0 Å². The normalized spacial score (nSPS) is 11.5. The van der Waals surface area contributed by atoms with Crippen molar-refractivity contribution in [3.8, 4) is 56.4 Å². The zero-order valence-electron chi connectivity index (χ0n) is 23.5. The van der Waals surface area contributed by atoms with Gasteiger partial charge in [0.1, 0.15) is 23.0 Å². The van der Waals surface area contributed by atoms with Gasteiger partial charge in [-0.3, -0.25) is 0 Å². The van der Waals surface area contributed by atoms with E-state index < -0.39 is 0 Å². The van der Waals surface area contributed by atoms with Crippen molar-refractivity contribution in [3.63, 3.8) is 0 Å². The Morgan fingerprint density at radius 2 is 0.591 bits per heavy atom. The summed E-state index contributed by atoms with van der Waals surface area (Å²) in [6.45, 7) is 0. The summed E-state index contributed by atoms with van der Waals surface area (Å²) in [5, 5.41) is 51.1. The largest absolute Gasteiger partial charge is 0.507 e. The summed E-state index contributed by atoms with van der Waals surface area (Å²) in [7, 11) is 0. The molecular formula is C40H26O4. The van der Waals surface area contributed by atoms with Gasteiger partial charge in [-0.2, -0.15) is 0 Å². The van der Waals surface area contributed by atoms with E-state index in [0.717, 1.165) is 54.2 Å². The molecule has 8 aromatic carbocycles. The second-order valence-electron chi connectivity index (χ2n) is 11.2. The SMILES string of the molecule is Oc1ccc2ccccc2c1-c1c(O)ccc2cc(-c3ccc4c(-c5c(O)ccc6ccccc56)c(O)ccc4c3)ccc12. The first kappa shape index (κ1) is 25.7. The summed E-state index contributed by atoms with van der Waals surface area (Å²) < 4.78 is 0. The van der Waals surface area contributed by atoms with Crippen LogP contribution in [0.2, 0.25) is 0 Å². The number of aromatic hydroxyl groups is 4. The van der Waals surface area contributed by atoms with Gasteiger partial charge in [-0.15, -0.1) is 0 Å². The van der Waals surface area contributed by atoms with Crippen LogP contribution in [0.15, 0.2) is 133 Å². The van der Waals surface area contributed by atoms with Gasteiger partial charge in [-0.05, 0) is 90.6 Å². The Kier molecular flexibility index (Phi) is 5.71. The van der Waals surface area contributed by atoms with Crippen LogP contribution in [0.5, 0.6) is 23.0 Å². The summed E-state index contributed by atoms with van der Waals surface area (Å²) in [5.74, 6) is 0.432. The van der Waals surface area contributed by atoms with Gasteiger partial charge >= 0.3 is 0 Å². The van der Waals surface area contributed by atoms with Gasteiger partial charge in [-0.1, -0.05) is 97.1 Å². The van der Waals surface area contributed by atoms with E-state index in [1.807, 2.05) is 97.1 Å². The van der Waals surface area contributed by atoms with Crippen LogP contribution < -0.4 is 0 Å². The zero-order chi connectivity index (χ0) is 29.9. The number of benzene rings is 8. The molecule has 210 valence electrons. The van der Waals surface area contributed by atoms with Crippen LogP contribution in [-0.2, 0) is 0 Å².